The number of fused-ring (bicyclic) bond motifs is 1. The van der Waals surface area contributed by atoms with E-state index in [1.165, 1.54) is 0 Å². The number of benzene rings is 1. The van der Waals surface area contributed by atoms with Crippen molar-refractivity contribution in [1.82, 2.24) is 10.3 Å². The maximum absolute atomic E-state index is 12.3. The van der Waals surface area contributed by atoms with Crippen molar-refractivity contribution in [3.8, 4) is 0 Å². The molecule has 22 heavy (non-hydrogen) atoms. The van der Waals surface area contributed by atoms with E-state index in [0.717, 1.165) is 5.56 Å². The van der Waals surface area contributed by atoms with Crippen LogP contribution >= 0.6 is 12.2 Å². The lowest BCUT2D eigenvalue weighted by Crippen LogP contribution is -2.44. The van der Waals surface area contributed by atoms with E-state index in [9.17, 15) is 4.79 Å². The third-order valence-corrected chi connectivity index (χ3v) is 3.24. The summed E-state index contributed by atoms with van der Waals surface area (Å²) in [5.41, 5.74) is 8.14. The van der Waals surface area contributed by atoms with E-state index in [2.05, 4.69) is 20.6 Å². The fourth-order valence-corrected chi connectivity index (χ4v) is 2.30. The number of aliphatic imine (C=N–C) groups is 1. The van der Waals surface area contributed by atoms with Crippen LogP contribution in [0, 0.1) is 0 Å². The number of rotatable bonds is 2. The Labute approximate surface area is 132 Å². The number of carbonyl (C=O) groups excluding carboxylic acids is 1. The number of pyridine rings is 1. The number of nitrogens with one attached hydrogen (secondary N) is 2. The van der Waals surface area contributed by atoms with E-state index < -0.39 is 6.17 Å². The van der Waals surface area contributed by atoms with Gasteiger partial charge in [-0.05, 0) is 24.4 Å². The molecule has 1 aromatic carbocycles. The highest BCUT2D eigenvalue weighted by atomic mass is 32.1. The molecule has 6 nitrogen and oxygen atoms in total. The van der Waals surface area contributed by atoms with Gasteiger partial charge in [-0.25, -0.2) is 4.99 Å². The van der Waals surface area contributed by atoms with Crippen LogP contribution in [0.5, 0.6) is 0 Å². The third-order valence-electron chi connectivity index (χ3n) is 3.12. The molecule has 1 atom stereocenters. The molecule has 0 radical (unpaired) electrons. The maximum Gasteiger partial charge on any atom is 0.269 e. The topological polar surface area (TPSA) is 92.4 Å². The van der Waals surface area contributed by atoms with Crippen LogP contribution in [-0.2, 0) is 4.79 Å². The van der Waals surface area contributed by atoms with Gasteiger partial charge in [0.25, 0.3) is 5.91 Å². The molecule has 0 aliphatic carbocycles. The van der Waals surface area contributed by atoms with Crippen molar-refractivity contribution in [1.29, 1.82) is 0 Å². The Morgan fingerprint density at radius 3 is 2.73 bits per heavy atom. The van der Waals surface area contributed by atoms with Crippen molar-refractivity contribution in [2.45, 2.75) is 6.17 Å². The molecule has 0 bridgehead atoms. The van der Waals surface area contributed by atoms with Crippen molar-refractivity contribution < 1.29 is 4.79 Å². The molecule has 110 valence electrons. The number of anilines is 1. The minimum atomic E-state index is -0.901. The molecule has 0 saturated carbocycles. The van der Waals surface area contributed by atoms with Crippen LogP contribution in [-0.4, -0.2) is 27.9 Å². The zero-order valence-corrected chi connectivity index (χ0v) is 12.3. The summed E-state index contributed by atoms with van der Waals surface area (Å²) < 4.78 is 0. The Bertz CT molecular complexity index is 760. The highest BCUT2D eigenvalue weighted by molar-refractivity contribution is 7.80. The van der Waals surface area contributed by atoms with Gasteiger partial charge in [-0.3, -0.25) is 9.78 Å². The van der Waals surface area contributed by atoms with Gasteiger partial charge >= 0.3 is 0 Å². The molecule has 4 N–H and O–H groups in total. The number of aromatic nitrogens is 1. The summed E-state index contributed by atoms with van der Waals surface area (Å²) in [5.74, 6) is -0.340. The lowest BCUT2D eigenvalue weighted by atomic mass is 10.1. The first-order valence-corrected chi connectivity index (χ1v) is 7.01. The molecule has 3 rings (SSSR count). The SMILES string of the molecule is NC(=S)NC1N=C(c2ccccc2)c2ncccc2NC1=O. The van der Waals surface area contributed by atoms with Gasteiger partial charge in [0.2, 0.25) is 6.17 Å². The largest absolute Gasteiger partial charge is 0.376 e. The Kier molecular flexibility index (Phi) is 3.80. The van der Waals surface area contributed by atoms with Crippen LogP contribution in [0.4, 0.5) is 5.69 Å². The second-order valence-electron chi connectivity index (χ2n) is 4.64. The van der Waals surface area contributed by atoms with Crippen LogP contribution in [0.15, 0.2) is 53.7 Å². The quantitative estimate of drug-likeness (QED) is 0.721. The Balaban J connectivity index is 2.15. The lowest BCUT2D eigenvalue weighted by Gasteiger charge is -2.12. The average molecular weight is 311 g/mol. The fraction of sp³-hybridized carbons (Fsp3) is 0.0667. The van der Waals surface area contributed by atoms with Crippen molar-refractivity contribution in [3.63, 3.8) is 0 Å². The summed E-state index contributed by atoms with van der Waals surface area (Å²) in [6, 6.07) is 13.1. The first-order valence-electron chi connectivity index (χ1n) is 6.60. The lowest BCUT2D eigenvalue weighted by molar-refractivity contribution is -0.117. The second-order valence-corrected chi connectivity index (χ2v) is 5.08. The number of hydrogen-bond donors (Lipinski definition) is 3. The van der Waals surface area contributed by atoms with E-state index >= 15 is 0 Å². The van der Waals surface area contributed by atoms with Crippen molar-refractivity contribution in [3.05, 3.63) is 59.9 Å². The molecule has 2 aromatic rings. The van der Waals surface area contributed by atoms with Gasteiger partial charge in [0.1, 0.15) is 5.69 Å². The normalized spacial score (nSPS) is 16.8. The first kappa shape index (κ1) is 14.2. The highest BCUT2D eigenvalue weighted by Gasteiger charge is 2.26. The van der Waals surface area contributed by atoms with Gasteiger partial charge in [-0.1, -0.05) is 30.3 Å². The number of nitrogens with zero attached hydrogens (tertiary/aromatic N) is 2. The minimum Gasteiger partial charge on any atom is -0.376 e. The molecular weight excluding hydrogens is 298 g/mol. The zero-order valence-electron chi connectivity index (χ0n) is 11.5. The zero-order chi connectivity index (χ0) is 15.5. The van der Waals surface area contributed by atoms with Gasteiger partial charge in [0.15, 0.2) is 5.11 Å². The van der Waals surface area contributed by atoms with E-state index in [-0.39, 0.29) is 11.0 Å². The van der Waals surface area contributed by atoms with Gasteiger partial charge in [0.05, 0.1) is 11.4 Å². The molecule has 1 aliphatic heterocycles. The van der Waals surface area contributed by atoms with Crippen LogP contribution in [0.3, 0.4) is 0 Å². The van der Waals surface area contributed by atoms with Gasteiger partial charge in [0, 0.05) is 11.8 Å². The highest BCUT2D eigenvalue weighted by Crippen LogP contribution is 2.21. The van der Waals surface area contributed by atoms with Crippen LogP contribution in [0.1, 0.15) is 11.3 Å². The van der Waals surface area contributed by atoms with Gasteiger partial charge in [-0.2, -0.15) is 0 Å². The van der Waals surface area contributed by atoms with Crippen molar-refractivity contribution in [2.24, 2.45) is 10.7 Å². The monoisotopic (exact) mass is 311 g/mol. The molecule has 0 saturated heterocycles. The van der Waals surface area contributed by atoms with Gasteiger partial charge < -0.3 is 16.4 Å². The van der Waals surface area contributed by atoms with Crippen molar-refractivity contribution in [2.75, 3.05) is 5.32 Å². The molecule has 0 fully saturated rings. The Morgan fingerprint density at radius 1 is 1.23 bits per heavy atom. The summed E-state index contributed by atoms with van der Waals surface area (Å²) in [6.45, 7) is 0. The van der Waals surface area contributed by atoms with Gasteiger partial charge in [-0.15, -0.1) is 0 Å². The molecule has 0 spiro atoms. The summed E-state index contributed by atoms with van der Waals surface area (Å²) in [7, 11) is 0. The third kappa shape index (κ3) is 2.79. The standard InChI is InChI=1S/C15H13N5OS/c16-15(22)20-13-14(21)18-10-7-4-8-17-12(10)11(19-13)9-5-2-1-3-6-9/h1-8,13H,(H,18,21)(H3,16,20,22). The summed E-state index contributed by atoms with van der Waals surface area (Å²) >= 11 is 4.82. The number of nitrogens with two attached hydrogens (primary N) is 1. The molecule has 1 unspecified atom stereocenters. The maximum atomic E-state index is 12.3. The molecule has 2 heterocycles. The number of thiocarbonyl (C=S) groups is 1. The van der Waals surface area contributed by atoms with Crippen molar-refractivity contribution >= 4 is 34.6 Å². The molecule has 1 amide bonds. The summed E-state index contributed by atoms with van der Waals surface area (Å²) in [6.07, 6.45) is 0.756. The minimum absolute atomic E-state index is 0.00947. The number of hydrogen-bond acceptors (Lipinski definition) is 4. The van der Waals surface area contributed by atoms with E-state index in [1.54, 1.807) is 18.3 Å². The Hall–Kier alpha value is -2.80. The van der Waals surface area contributed by atoms with E-state index in [0.29, 0.717) is 17.1 Å². The number of amides is 1. The molecule has 1 aromatic heterocycles. The Morgan fingerprint density at radius 2 is 2.00 bits per heavy atom. The summed E-state index contributed by atoms with van der Waals surface area (Å²) in [4.78, 5) is 21.1. The van der Waals surface area contributed by atoms with E-state index in [1.807, 2.05) is 30.3 Å². The van der Waals surface area contributed by atoms with Crippen LogP contribution in [0.2, 0.25) is 0 Å². The predicted octanol–water partition coefficient (Wildman–Crippen LogP) is 1.03. The first-order chi connectivity index (χ1) is 10.6. The fourth-order valence-electron chi connectivity index (χ4n) is 2.18. The second kappa shape index (κ2) is 5.90. The predicted molar refractivity (Wildman–Crippen MR) is 88.7 cm³/mol. The summed E-state index contributed by atoms with van der Waals surface area (Å²) in [5, 5.41) is 5.48. The number of carbonyl (C=O) groups is 1. The smallest absolute Gasteiger partial charge is 0.269 e. The molecule has 7 heteroatoms. The van der Waals surface area contributed by atoms with E-state index in [4.69, 9.17) is 18.0 Å². The van der Waals surface area contributed by atoms with Crippen LogP contribution in [0.25, 0.3) is 0 Å². The molecular formula is C15H13N5OS. The average Bonchev–Trinajstić information content (AvgIpc) is 2.65. The van der Waals surface area contributed by atoms with Crippen LogP contribution < -0.4 is 16.4 Å². The molecule has 1 aliphatic rings.